The number of carbonyl (C=O) groups excluding carboxylic acids is 2. The van der Waals surface area contributed by atoms with E-state index < -0.39 is 6.04 Å². The third-order valence-corrected chi connectivity index (χ3v) is 5.89. The second-order valence-corrected chi connectivity index (χ2v) is 8.35. The van der Waals surface area contributed by atoms with Crippen molar-refractivity contribution in [1.29, 1.82) is 0 Å². The van der Waals surface area contributed by atoms with Crippen molar-refractivity contribution in [3.05, 3.63) is 95.6 Å². The highest BCUT2D eigenvalue weighted by molar-refractivity contribution is 5.88. The van der Waals surface area contributed by atoms with Crippen molar-refractivity contribution in [2.24, 2.45) is 0 Å². The van der Waals surface area contributed by atoms with Crippen molar-refractivity contribution >= 4 is 11.8 Å². The SMILES string of the molecule is CCCC(=O)N(Cc1ccc(OC)cc1)[C@H](Cc1ccccc1)C(=O)NCc1ccccc1OC. The van der Waals surface area contributed by atoms with Gasteiger partial charge in [-0.3, -0.25) is 9.59 Å². The molecule has 0 saturated carbocycles. The van der Waals surface area contributed by atoms with Crippen LogP contribution in [0.2, 0.25) is 0 Å². The van der Waals surface area contributed by atoms with E-state index in [4.69, 9.17) is 9.47 Å². The first-order valence-electron chi connectivity index (χ1n) is 11.9. The fourth-order valence-electron chi connectivity index (χ4n) is 3.99. The summed E-state index contributed by atoms with van der Waals surface area (Å²) in [5.41, 5.74) is 2.81. The van der Waals surface area contributed by atoms with Gasteiger partial charge in [-0.15, -0.1) is 0 Å². The predicted molar refractivity (Wildman–Crippen MR) is 137 cm³/mol. The summed E-state index contributed by atoms with van der Waals surface area (Å²) in [6.07, 6.45) is 1.50. The molecule has 1 atom stereocenters. The average Bonchev–Trinajstić information content (AvgIpc) is 2.90. The maximum atomic E-state index is 13.6. The lowest BCUT2D eigenvalue weighted by atomic mass is 10.0. The summed E-state index contributed by atoms with van der Waals surface area (Å²) in [7, 11) is 3.23. The van der Waals surface area contributed by atoms with E-state index in [1.54, 1.807) is 19.1 Å². The molecule has 0 unspecified atom stereocenters. The Balaban J connectivity index is 1.89. The lowest BCUT2D eigenvalue weighted by Crippen LogP contribution is -2.50. The molecule has 0 heterocycles. The van der Waals surface area contributed by atoms with Gasteiger partial charge in [0.25, 0.3) is 0 Å². The smallest absolute Gasteiger partial charge is 0.243 e. The molecule has 0 fully saturated rings. The van der Waals surface area contributed by atoms with E-state index in [0.29, 0.717) is 38.1 Å². The zero-order valence-corrected chi connectivity index (χ0v) is 20.7. The highest BCUT2D eigenvalue weighted by Gasteiger charge is 2.30. The normalized spacial score (nSPS) is 11.4. The van der Waals surface area contributed by atoms with E-state index in [9.17, 15) is 9.59 Å². The van der Waals surface area contributed by atoms with Crippen LogP contribution in [0.3, 0.4) is 0 Å². The number of amides is 2. The van der Waals surface area contributed by atoms with Crippen LogP contribution in [0.15, 0.2) is 78.9 Å². The topological polar surface area (TPSA) is 67.9 Å². The van der Waals surface area contributed by atoms with Gasteiger partial charge < -0.3 is 19.7 Å². The lowest BCUT2D eigenvalue weighted by Gasteiger charge is -2.31. The molecule has 0 saturated heterocycles. The molecule has 6 heteroatoms. The van der Waals surface area contributed by atoms with Crippen molar-refractivity contribution in [3.8, 4) is 11.5 Å². The molecule has 0 spiro atoms. The maximum absolute atomic E-state index is 13.6. The van der Waals surface area contributed by atoms with Gasteiger partial charge >= 0.3 is 0 Å². The molecule has 0 bridgehead atoms. The Labute approximate surface area is 207 Å². The van der Waals surface area contributed by atoms with Gasteiger partial charge in [-0.2, -0.15) is 0 Å². The summed E-state index contributed by atoms with van der Waals surface area (Å²) in [5, 5.41) is 3.04. The van der Waals surface area contributed by atoms with Crippen LogP contribution in [0, 0.1) is 0 Å². The maximum Gasteiger partial charge on any atom is 0.243 e. The van der Waals surface area contributed by atoms with Gasteiger partial charge in [0.05, 0.1) is 14.2 Å². The minimum atomic E-state index is -0.659. The van der Waals surface area contributed by atoms with Crippen LogP contribution in [0.1, 0.15) is 36.5 Å². The van der Waals surface area contributed by atoms with Crippen LogP contribution in [-0.4, -0.2) is 37.0 Å². The van der Waals surface area contributed by atoms with Crippen LogP contribution < -0.4 is 14.8 Å². The summed E-state index contributed by atoms with van der Waals surface area (Å²) >= 11 is 0. The first kappa shape index (κ1) is 25.8. The molecule has 3 rings (SSSR count). The molecular formula is C29H34N2O4. The fourth-order valence-corrected chi connectivity index (χ4v) is 3.99. The molecular weight excluding hydrogens is 440 g/mol. The standard InChI is InChI=1S/C29H34N2O4/c1-4-10-28(32)31(21-23-15-17-25(34-2)18-16-23)26(19-22-11-6-5-7-12-22)29(33)30-20-24-13-8-9-14-27(24)35-3/h5-9,11-18,26H,4,10,19-21H2,1-3H3,(H,30,33)/t26-/m1/s1. The molecule has 0 aliphatic carbocycles. The van der Waals surface area contributed by atoms with Crippen LogP contribution in [0.5, 0.6) is 11.5 Å². The number of nitrogens with one attached hydrogen (secondary N) is 1. The highest BCUT2D eigenvalue weighted by atomic mass is 16.5. The molecule has 1 N–H and O–H groups in total. The molecule has 184 valence electrons. The molecule has 0 aliphatic heterocycles. The van der Waals surface area contributed by atoms with E-state index in [0.717, 1.165) is 22.4 Å². The third-order valence-electron chi connectivity index (χ3n) is 5.89. The third kappa shape index (κ3) is 7.34. The van der Waals surface area contributed by atoms with Gasteiger partial charge in [0, 0.05) is 31.5 Å². The Bertz CT molecular complexity index is 1080. The summed E-state index contributed by atoms with van der Waals surface area (Å²) in [6.45, 7) is 2.62. The minimum Gasteiger partial charge on any atom is -0.497 e. The van der Waals surface area contributed by atoms with Crippen molar-refractivity contribution in [2.45, 2.75) is 45.3 Å². The highest BCUT2D eigenvalue weighted by Crippen LogP contribution is 2.20. The number of methoxy groups -OCH3 is 2. The van der Waals surface area contributed by atoms with E-state index >= 15 is 0 Å². The molecule has 3 aromatic rings. The van der Waals surface area contributed by atoms with Gasteiger partial charge in [-0.1, -0.05) is 67.6 Å². The summed E-state index contributed by atoms with van der Waals surface area (Å²) < 4.78 is 10.7. The monoisotopic (exact) mass is 474 g/mol. The van der Waals surface area contributed by atoms with Gasteiger partial charge in [0.1, 0.15) is 17.5 Å². The first-order valence-corrected chi connectivity index (χ1v) is 11.9. The van der Waals surface area contributed by atoms with Crippen molar-refractivity contribution < 1.29 is 19.1 Å². The van der Waals surface area contributed by atoms with Crippen molar-refractivity contribution in [3.63, 3.8) is 0 Å². The molecule has 0 radical (unpaired) electrons. The van der Waals surface area contributed by atoms with E-state index in [-0.39, 0.29) is 11.8 Å². The van der Waals surface area contributed by atoms with Crippen LogP contribution in [0.25, 0.3) is 0 Å². The largest absolute Gasteiger partial charge is 0.497 e. The lowest BCUT2D eigenvalue weighted by molar-refractivity contribution is -0.141. The molecule has 0 aliphatic rings. The number of nitrogens with zero attached hydrogens (tertiary/aromatic N) is 1. The van der Waals surface area contributed by atoms with E-state index in [1.807, 2.05) is 85.8 Å². The van der Waals surface area contributed by atoms with Gasteiger partial charge in [0.15, 0.2) is 0 Å². The number of hydrogen-bond acceptors (Lipinski definition) is 4. The molecule has 3 aromatic carbocycles. The second kappa shape index (κ2) is 13.2. The summed E-state index contributed by atoms with van der Waals surface area (Å²) in [4.78, 5) is 28.6. The van der Waals surface area contributed by atoms with E-state index in [1.165, 1.54) is 0 Å². The van der Waals surface area contributed by atoms with Crippen LogP contribution >= 0.6 is 0 Å². The Hall–Kier alpha value is -3.80. The van der Waals surface area contributed by atoms with E-state index in [2.05, 4.69) is 5.32 Å². The number of carbonyl (C=O) groups is 2. The molecule has 0 aromatic heterocycles. The second-order valence-electron chi connectivity index (χ2n) is 8.35. The summed E-state index contributed by atoms with van der Waals surface area (Å²) in [5.74, 6) is 1.22. The number of hydrogen-bond donors (Lipinski definition) is 1. The molecule has 6 nitrogen and oxygen atoms in total. The molecule has 2 amide bonds. The Morgan fingerprint density at radius 2 is 1.54 bits per heavy atom. The minimum absolute atomic E-state index is 0.0447. The van der Waals surface area contributed by atoms with Crippen molar-refractivity contribution in [1.82, 2.24) is 10.2 Å². The number of para-hydroxylation sites is 1. The zero-order valence-electron chi connectivity index (χ0n) is 20.7. The Morgan fingerprint density at radius 1 is 0.857 bits per heavy atom. The molecule has 35 heavy (non-hydrogen) atoms. The Kier molecular flexibility index (Phi) is 9.72. The average molecular weight is 475 g/mol. The fraction of sp³-hybridized carbons (Fsp3) is 0.310. The van der Waals surface area contributed by atoms with Gasteiger partial charge in [0.2, 0.25) is 11.8 Å². The number of benzene rings is 3. The number of ether oxygens (including phenoxy) is 2. The summed E-state index contributed by atoms with van der Waals surface area (Å²) in [6, 6.07) is 24.3. The number of rotatable bonds is 12. The van der Waals surface area contributed by atoms with Gasteiger partial charge in [-0.25, -0.2) is 0 Å². The van der Waals surface area contributed by atoms with Crippen LogP contribution in [-0.2, 0) is 29.1 Å². The van der Waals surface area contributed by atoms with Crippen molar-refractivity contribution in [2.75, 3.05) is 14.2 Å². The van der Waals surface area contributed by atoms with Crippen LogP contribution in [0.4, 0.5) is 0 Å². The van der Waals surface area contributed by atoms with Gasteiger partial charge in [-0.05, 0) is 35.7 Å². The zero-order chi connectivity index (χ0) is 25.0. The quantitative estimate of drug-likeness (QED) is 0.411. The first-order chi connectivity index (χ1) is 17.0. The predicted octanol–water partition coefficient (Wildman–Crippen LogP) is 4.76. The Morgan fingerprint density at radius 3 is 2.20 bits per heavy atom.